The summed E-state index contributed by atoms with van der Waals surface area (Å²) in [5, 5.41) is 4.19. The van der Waals surface area contributed by atoms with Gasteiger partial charge in [-0.05, 0) is 30.9 Å². The van der Waals surface area contributed by atoms with Gasteiger partial charge in [0, 0.05) is 19.3 Å². The first-order chi connectivity index (χ1) is 7.65. The molecule has 0 aromatic carbocycles. The average Bonchev–Trinajstić information content (AvgIpc) is 2.83. The quantitative estimate of drug-likeness (QED) is 0.838. The van der Waals surface area contributed by atoms with Crippen LogP contribution in [-0.2, 0) is 6.54 Å². The van der Waals surface area contributed by atoms with Gasteiger partial charge in [0.2, 0.25) is 0 Å². The molecule has 1 aliphatic rings. The summed E-state index contributed by atoms with van der Waals surface area (Å²) in [6.07, 6.45) is 3.30. The van der Waals surface area contributed by atoms with Crippen molar-refractivity contribution in [2.24, 2.45) is 11.8 Å². The molecule has 0 aliphatic carbocycles. The fourth-order valence-electron chi connectivity index (χ4n) is 2.36. The second-order valence-electron chi connectivity index (χ2n) is 5.10. The smallest absolute Gasteiger partial charge is 0.145 e. The lowest BCUT2D eigenvalue weighted by atomic mass is 9.95. The highest BCUT2D eigenvalue weighted by Gasteiger charge is 2.24. The van der Waals surface area contributed by atoms with Crippen molar-refractivity contribution < 1.29 is 0 Å². The van der Waals surface area contributed by atoms with Crippen molar-refractivity contribution in [2.45, 2.75) is 26.8 Å². The predicted molar refractivity (Wildman–Crippen MR) is 66.0 cm³/mol. The van der Waals surface area contributed by atoms with Gasteiger partial charge in [-0.2, -0.15) is 5.10 Å². The number of nitrogens with two attached hydrogens (primary N) is 1. The molecule has 1 fully saturated rings. The second-order valence-corrected chi connectivity index (χ2v) is 5.10. The van der Waals surface area contributed by atoms with E-state index in [0.29, 0.717) is 5.82 Å². The summed E-state index contributed by atoms with van der Waals surface area (Å²) < 4.78 is 1.93. The fraction of sp³-hybridized carbons (Fsp3) is 0.750. The summed E-state index contributed by atoms with van der Waals surface area (Å²) in [5.74, 6) is 2.30. The molecule has 90 valence electrons. The maximum atomic E-state index is 5.58. The maximum Gasteiger partial charge on any atom is 0.145 e. The van der Waals surface area contributed by atoms with E-state index in [-0.39, 0.29) is 0 Å². The Morgan fingerprint density at radius 1 is 1.50 bits per heavy atom. The van der Waals surface area contributed by atoms with Crippen LogP contribution in [0, 0.1) is 11.8 Å². The van der Waals surface area contributed by atoms with Gasteiger partial charge in [0.25, 0.3) is 0 Å². The molecule has 0 bridgehead atoms. The van der Waals surface area contributed by atoms with Gasteiger partial charge in [-0.25, -0.2) is 0 Å². The lowest BCUT2D eigenvalue weighted by Crippen LogP contribution is -2.26. The normalized spacial score (nSPS) is 22.1. The molecule has 1 saturated heterocycles. The van der Waals surface area contributed by atoms with Crippen LogP contribution in [0.3, 0.4) is 0 Å². The van der Waals surface area contributed by atoms with Gasteiger partial charge in [-0.15, -0.1) is 0 Å². The zero-order valence-electron chi connectivity index (χ0n) is 10.3. The molecule has 1 aromatic heterocycles. The van der Waals surface area contributed by atoms with Gasteiger partial charge in [-0.1, -0.05) is 13.8 Å². The third kappa shape index (κ3) is 2.76. The Morgan fingerprint density at radius 3 is 2.88 bits per heavy atom. The van der Waals surface area contributed by atoms with Crippen molar-refractivity contribution in [1.82, 2.24) is 14.7 Å². The average molecular weight is 222 g/mol. The summed E-state index contributed by atoms with van der Waals surface area (Å²) in [6.45, 7) is 9.16. The lowest BCUT2D eigenvalue weighted by molar-refractivity contribution is 0.288. The van der Waals surface area contributed by atoms with Crippen LogP contribution in [-0.4, -0.2) is 34.3 Å². The molecular formula is C12H22N4. The summed E-state index contributed by atoms with van der Waals surface area (Å²) in [4.78, 5) is 2.53. The summed E-state index contributed by atoms with van der Waals surface area (Å²) in [7, 11) is 0. The van der Waals surface area contributed by atoms with Crippen molar-refractivity contribution in [3.8, 4) is 0 Å². The Balaban J connectivity index is 1.75. The molecule has 2 rings (SSSR count). The molecule has 0 radical (unpaired) electrons. The minimum atomic E-state index is 0.612. The van der Waals surface area contributed by atoms with Crippen LogP contribution in [0.2, 0.25) is 0 Å². The SMILES string of the molecule is CC(C)C1CCN(CCn2ccc(N)n2)C1. The van der Waals surface area contributed by atoms with E-state index in [0.717, 1.165) is 24.9 Å². The highest BCUT2D eigenvalue weighted by molar-refractivity contribution is 5.23. The van der Waals surface area contributed by atoms with Crippen LogP contribution in [0.15, 0.2) is 12.3 Å². The highest BCUT2D eigenvalue weighted by Crippen LogP contribution is 2.23. The molecule has 1 unspecified atom stereocenters. The van der Waals surface area contributed by atoms with Gasteiger partial charge in [0.15, 0.2) is 0 Å². The van der Waals surface area contributed by atoms with Crippen LogP contribution in [0.4, 0.5) is 5.82 Å². The monoisotopic (exact) mass is 222 g/mol. The number of rotatable bonds is 4. The molecule has 2 heterocycles. The topological polar surface area (TPSA) is 47.1 Å². The van der Waals surface area contributed by atoms with E-state index in [1.165, 1.54) is 19.5 Å². The lowest BCUT2D eigenvalue weighted by Gasteiger charge is -2.17. The Bertz CT molecular complexity index is 332. The number of nitrogen functional groups attached to an aromatic ring is 1. The number of hydrogen-bond donors (Lipinski definition) is 1. The molecule has 4 heteroatoms. The fourth-order valence-corrected chi connectivity index (χ4v) is 2.36. The number of anilines is 1. The first kappa shape index (κ1) is 11.5. The predicted octanol–water partition coefficient (Wildman–Crippen LogP) is 1.44. The molecular weight excluding hydrogens is 200 g/mol. The summed E-state index contributed by atoms with van der Waals surface area (Å²) in [6, 6.07) is 1.85. The third-order valence-electron chi connectivity index (χ3n) is 3.56. The van der Waals surface area contributed by atoms with Crippen LogP contribution >= 0.6 is 0 Å². The molecule has 0 spiro atoms. The van der Waals surface area contributed by atoms with Gasteiger partial charge in [0.05, 0.1) is 6.54 Å². The van der Waals surface area contributed by atoms with Crippen LogP contribution in [0.25, 0.3) is 0 Å². The van der Waals surface area contributed by atoms with E-state index in [9.17, 15) is 0 Å². The third-order valence-corrected chi connectivity index (χ3v) is 3.56. The van der Waals surface area contributed by atoms with Crippen LogP contribution < -0.4 is 5.73 Å². The second kappa shape index (κ2) is 4.87. The Kier molecular flexibility index (Phi) is 3.49. The number of hydrogen-bond acceptors (Lipinski definition) is 3. The summed E-state index contributed by atoms with van der Waals surface area (Å²) in [5.41, 5.74) is 5.58. The zero-order valence-corrected chi connectivity index (χ0v) is 10.3. The van der Waals surface area contributed by atoms with E-state index in [1.807, 2.05) is 16.9 Å². The van der Waals surface area contributed by atoms with Crippen molar-refractivity contribution >= 4 is 5.82 Å². The van der Waals surface area contributed by atoms with Crippen LogP contribution in [0.5, 0.6) is 0 Å². The number of likely N-dealkylation sites (tertiary alicyclic amines) is 1. The van der Waals surface area contributed by atoms with Crippen molar-refractivity contribution in [1.29, 1.82) is 0 Å². The van der Waals surface area contributed by atoms with Gasteiger partial charge >= 0.3 is 0 Å². The number of nitrogens with zero attached hydrogens (tertiary/aromatic N) is 3. The Morgan fingerprint density at radius 2 is 2.31 bits per heavy atom. The van der Waals surface area contributed by atoms with E-state index < -0.39 is 0 Å². The Hall–Kier alpha value is -1.03. The minimum Gasteiger partial charge on any atom is -0.382 e. The van der Waals surface area contributed by atoms with Gasteiger partial charge in [-0.3, -0.25) is 4.68 Å². The largest absolute Gasteiger partial charge is 0.382 e. The van der Waals surface area contributed by atoms with Crippen molar-refractivity contribution in [2.75, 3.05) is 25.4 Å². The molecule has 1 aromatic rings. The van der Waals surface area contributed by atoms with Crippen molar-refractivity contribution in [3.63, 3.8) is 0 Å². The van der Waals surface area contributed by atoms with E-state index in [1.54, 1.807) is 0 Å². The van der Waals surface area contributed by atoms with Gasteiger partial charge < -0.3 is 10.6 Å². The molecule has 2 N–H and O–H groups in total. The van der Waals surface area contributed by atoms with E-state index >= 15 is 0 Å². The maximum absolute atomic E-state index is 5.58. The Labute approximate surface area is 97.4 Å². The molecule has 16 heavy (non-hydrogen) atoms. The van der Waals surface area contributed by atoms with Gasteiger partial charge in [0.1, 0.15) is 5.82 Å². The first-order valence-electron chi connectivity index (χ1n) is 6.16. The zero-order chi connectivity index (χ0) is 11.5. The molecule has 0 saturated carbocycles. The highest BCUT2D eigenvalue weighted by atomic mass is 15.3. The standard InChI is InChI=1S/C12H22N4/c1-10(2)11-3-5-15(9-11)7-8-16-6-4-12(13)14-16/h4,6,10-11H,3,5,7-9H2,1-2H3,(H2,13,14). The van der Waals surface area contributed by atoms with Crippen LogP contribution in [0.1, 0.15) is 20.3 Å². The summed E-state index contributed by atoms with van der Waals surface area (Å²) >= 11 is 0. The molecule has 4 nitrogen and oxygen atoms in total. The molecule has 0 amide bonds. The van der Waals surface area contributed by atoms with E-state index in [4.69, 9.17) is 5.73 Å². The minimum absolute atomic E-state index is 0.612. The number of aromatic nitrogens is 2. The molecule has 1 aliphatic heterocycles. The van der Waals surface area contributed by atoms with E-state index in [2.05, 4.69) is 23.8 Å². The first-order valence-corrected chi connectivity index (χ1v) is 6.16. The van der Waals surface area contributed by atoms with Crippen molar-refractivity contribution in [3.05, 3.63) is 12.3 Å². The molecule has 1 atom stereocenters.